The van der Waals surface area contributed by atoms with E-state index in [4.69, 9.17) is 0 Å². The fraction of sp³-hybridized carbons (Fsp3) is 0.562. The van der Waals surface area contributed by atoms with E-state index in [2.05, 4.69) is 5.32 Å². The van der Waals surface area contributed by atoms with Gasteiger partial charge in [-0.1, -0.05) is 0 Å². The van der Waals surface area contributed by atoms with Gasteiger partial charge in [0.15, 0.2) is 0 Å². The van der Waals surface area contributed by atoms with Gasteiger partial charge < -0.3 is 10.2 Å². The van der Waals surface area contributed by atoms with E-state index in [1.165, 1.54) is 16.4 Å². The number of benzene rings is 1. The van der Waals surface area contributed by atoms with E-state index < -0.39 is 14.9 Å². The maximum absolute atomic E-state index is 12.6. The first-order valence-electron chi connectivity index (χ1n) is 8.61. The number of hydrogen-bond acceptors (Lipinski definition) is 6. The lowest BCUT2D eigenvalue weighted by Crippen LogP contribution is -2.37. The Bertz CT molecular complexity index is 775. The van der Waals surface area contributed by atoms with E-state index in [9.17, 15) is 23.3 Å². The van der Waals surface area contributed by atoms with Crippen molar-refractivity contribution in [3.63, 3.8) is 0 Å². The molecule has 0 aromatic heterocycles. The molecule has 0 unspecified atom stereocenters. The van der Waals surface area contributed by atoms with Crippen LogP contribution in [0.25, 0.3) is 0 Å². The summed E-state index contributed by atoms with van der Waals surface area (Å²) < 4.78 is 26.6. The van der Waals surface area contributed by atoms with Crippen LogP contribution in [0.2, 0.25) is 0 Å². The van der Waals surface area contributed by atoms with Crippen molar-refractivity contribution in [2.75, 3.05) is 37.6 Å². The number of carbonyl (C=O) groups is 1. The van der Waals surface area contributed by atoms with Crippen LogP contribution in [0.1, 0.15) is 26.7 Å². The van der Waals surface area contributed by atoms with Crippen molar-refractivity contribution in [1.82, 2.24) is 9.62 Å². The Morgan fingerprint density at radius 1 is 1.31 bits per heavy atom. The summed E-state index contributed by atoms with van der Waals surface area (Å²) in [5.41, 5.74) is -0.0967. The number of likely N-dealkylation sites (N-methyl/N-ethyl adjacent to an activating group) is 2. The predicted molar refractivity (Wildman–Crippen MR) is 97.7 cm³/mol. The molecule has 1 fully saturated rings. The fourth-order valence-corrected chi connectivity index (χ4v) is 4.49. The van der Waals surface area contributed by atoms with Gasteiger partial charge in [0, 0.05) is 32.2 Å². The summed E-state index contributed by atoms with van der Waals surface area (Å²) in [4.78, 5) is 24.2. The summed E-state index contributed by atoms with van der Waals surface area (Å²) >= 11 is 0. The molecule has 1 aliphatic rings. The van der Waals surface area contributed by atoms with Gasteiger partial charge >= 0.3 is 0 Å². The maximum Gasteiger partial charge on any atom is 0.293 e. The number of hydrogen-bond donors (Lipinski definition) is 1. The zero-order valence-electron chi connectivity index (χ0n) is 15.0. The second kappa shape index (κ2) is 8.45. The molecule has 1 amide bonds. The van der Waals surface area contributed by atoms with Gasteiger partial charge in [0.2, 0.25) is 15.9 Å². The molecule has 1 N–H and O–H groups in total. The van der Waals surface area contributed by atoms with Crippen molar-refractivity contribution in [3.8, 4) is 0 Å². The molecule has 10 heteroatoms. The van der Waals surface area contributed by atoms with Gasteiger partial charge in [-0.2, -0.15) is 4.31 Å². The summed E-state index contributed by atoms with van der Waals surface area (Å²) in [5.74, 6) is -0.252. The van der Waals surface area contributed by atoms with Crippen molar-refractivity contribution >= 4 is 27.3 Å². The number of anilines is 1. The number of sulfonamides is 1. The minimum atomic E-state index is -3.74. The summed E-state index contributed by atoms with van der Waals surface area (Å²) in [6, 6.07) is 3.86. The summed E-state index contributed by atoms with van der Waals surface area (Å²) in [7, 11) is -3.74. The number of carbonyl (C=O) groups excluding carboxylic acids is 1. The van der Waals surface area contributed by atoms with Crippen LogP contribution in [0.15, 0.2) is 23.1 Å². The molecule has 26 heavy (non-hydrogen) atoms. The van der Waals surface area contributed by atoms with E-state index >= 15 is 0 Å². The maximum atomic E-state index is 12.6. The van der Waals surface area contributed by atoms with Gasteiger partial charge in [-0.15, -0.1) is 0 Å². The highest BCUT2D eigenvalue weighted by Gasteiger charge is 2.30. The van der Waals surface area contributed by atoms with Crippen LogP contribution in [0.4, 0.5) is 11.4 Å². The largest absolute Gasteiger partial charge is 0.357 e. The fourth-order valence-electron chi connectivity index (χ4n) is 2.95. The third-order valence-electron chi connectivity index (χ3n) is 4.28. The molecule has 9 nitrogen and oxygen atoms in total. The number of nitro groups is 1. The number of nitrogens with one attached hydrogen (secondary N) is 1. The molecule has 0 spiro atoms. The lowest BCUT2D eigenvalue weighted by Gasteiger charge is -2.23. The normalized spacial score (nSPS) is 15.0. The van der Waals surface area contributed by atoms with Gasteiger partial charge in [-0.05, 0) is 38.8 Å². The van der Waals surface area contributed by atoms with Crippen LogP contribution >= 0.6 is 0 Å². The van der Waals surface area contributed by atoms with E-state index in [1.54, 1.807) is 18.7 Å². The van der Waals surface area contributed by atoms with E-state index in [1.807, 2.05) is 0 Å². The first-order chi connectivity index (χ1) is 12.3. The lowest BCUT2D eigenvalue weighted by atomic mass is 10.2. The highest BCUT2D eigenvalue weighted by Crippen LogP contribution is 2.32. The van der Waals surface area contributed by atoms with E-state index in [0.29, 0.717) is 26.2 Å². The molecule has 0 radical (unpaired) electrons. The molecule has 2 rings (SSSR count). The first kappa shape index (κ1) is 20.1. The molecule has 0 bridgehead atoms. The van der Waals surface area contributed by atoms with E-state index in [-0.39, 0.29) is 28.7 Å². The molecule has 1 aromatic rings. The molecule has 1 aliphatic heterocycles. The van der Waals surface area contributed by atoms with Crippen molar-refractivity contribution < 1.29 is 18.1 Å². The summed E-state index contributed by atoms with van der Waals surface area (Å²) in [6.45, 7) is 5.21. The Morgan fingerprint density at radius 3 is 2.50 bits per heavy atom. The van der Waals surface area contributed by atoms with Gasteiger partial charge in [0.05, 0.1) is 16.4 Å². The van der Waals surface area contributed by atoms with Crippen LogP contribution in [-0.4, -0.2) is 56.3 Å². The predicted octanol–water partition coefficient (Wildman–Crippen LogP) is 1.34. The van der Waals surface area contributed by atoms with Crippen molar-refractivity contribution in [3.05, 3.63) is 28.3 Å². The Hall–Kier alpha value is -2.20. The third kappa shape index (κ3) is 4.31. The first-order valence-corrected chi connectivity index (χ1v) is 10.1. The van der Waals surface area contributed by atoms with Crippen LogP contribution in [0.5, 0.6) is 0 Å². The van der Waals surface area contributed by atoms with Crippen molar-refractivity contribution in [1.29, 1.82) is 0 Å². The minimum Gasteiger partial charge on any atom is -0.357 e. The minimum absolute atomic E-state index is 0.0383. The average molecular weight is 384 g/mol. The average Bonchev–Trinajstić information content (AvgIpc) is 3.15. The Labute approximate surface area is 153 Å². The lowest BCUT2D eigenvalue weighted by molar-refractivity contribution is -0.384. The van der Waals surface area contributed by atoms with Crippen LogP contribution in [-0.2, 0) is 14.8 Å². The molecule has 1 aromatic carbocycles. The van der Waals surface area contributed by atoms with E-state index in [0.717, 1.165) is 18.9 Å². The smallest absolute Gasteiger partial charge is 0.293 e. The van der Waals surface area contributed by atoms with Crippen LogP contribution < -0.4 is 10.2 Å². The number of nitrogens with zero attached hydrogens (tertiary/aromatic N) is 3. The quantitative estimate of drug-likeness (QED) is 0.535. The molecule has 0 saturated carbocycles. The molecular weight excluding hydrogens is 360 g/mol. The van der Waals surface area contributed by atoms with Crippen molar-refractivity contribution in [2.45, 2.75) is 31.6 Å². The number of amides is 1. The zero-order chi connectivity index (χ0) is 19.3. The van der Waals surface area contributed by atoms with Crippen molar-refractivity contribution in [2.24, 2.45) is 0 Å². The van der Waals surface area contributed by atoms with Gasteiger partial charge in [-0.3, -0.25) is 14.9 Å². The third-order valence-corrected chi connectivity index (χ3v) is 6.17. The van der Waals surface area contributed by atoms with Gasteiger partial charge in [0.25, 0.3) is 5.69 Å². The Kier molecular flexibility index (Phi) is 6.54. The van der Waals surface area contributed by atoms with Crippen LogP contribution in [0, 0.1) is 10.1 Å². The van der Waals surface area contributed by atoms with Gasteiger partial charge in [0.1, 0.15) is 5.69 Å². The molecule has 1 saturated heterocycles. The molecule has 0 aliphatic carbocycles. The number of rotatable bonds is 8. The highest BCUT2D eigenvalue weighted by molar-refractivity contribution is 7.89. The molecular formula is C16H24N4O5S. The summed E-state index contributed by atoms with van der Waals surface area (Å²) in [6.07, 6.45) is 1.57. The molecule has 144 valence electrons. The highest BCUT2D eigenvalue weighted by atomic mass is 32.2. The standard InChI is InChI=1S/C16H24N4O5S/c1-3-17-16(21)12-18(4-2)14-8-7-13(11-15(14)20(22)23)26(24,25)19-9-5-6-10-19/h7-8,11H,3-6,9-10,12H2,1-2H3,(H,17,21). The zero-order valence-corrected chi connectivity index (χ0v) is 15.8. The Balaban J connectivity index is 2.39. The topological polar surface area (TPSA) is 113 Å². The van der Waals surface area contributed by atoms with Crippen LogP contribution in [0.3, 0.4) is 0 Å². The second-order valence-corrected chi connectivity index (χ2v) is 7.92. The summed E-state index contributed by atoms with van der Waals surface area (Å²) in [5, 5.41) is 14.2. The van der Waals surface area contributed by atoms with Gasteiger partial charge in [-0.25, -0.2) is 8.42 Å². The SMILES string of the molecule is CCNC(=O)CN(CC)c1ccc(S(=O)(=O)N2CCCC2)cc1[N+](=O)[O-]. The Morgan fingerprint density at radius 2 is 1.96 bits per heavy atom. The molecule has 1 heterocycles. The second-order valence-electron chi connectivity index (χ2n) is 5.99. The monoisotopic (exact) mass is 384 g/mol. The molecule has 0 atom stereocenters. The number of nitro benzene ring substituents is 1.